The molecule has 1 heterocycles. The van der Waals surface area contributed by atoms with Crippen LogP contribution < -0.4 is 11.1 Å². The number of ether oxygens (including phenoxy) is 1. The Bertz CT molecular complexity index is 359. The highest BCUT2D eigenvalue weighted by Crippen LogP contribution is 2.03. The molecule has 0 aliphatic rings. The van der Waals surface area contributed by atoms with Gasteiger partial charge in [0.15, 0.2) is 0 Å². The van der Waals surface area contributed by atoms with Crippen LogP contribution in [0.5, 0.6) is 0 Å². The second-order valence-electron chi connectivity index (χ2n) is 2.93. The summed E-state index contributed by atoms with van der Waals surface area (Å²) in [7, 11) is 1.30. The van der Waals surface area contributed by atoms with Crippen molar-refractivity contribution in [3.8, 4) is 0 Å². The van der Waals surface area contributed by atoms with Crippen LogP contribution >= 0.6 is 0 Å². The Balaban J connectivity index is 2.34. The van der Waals surface area contributed by atoms with Crippen molar-refractivity contribution in [1.82, 2.24) is 10.3 Å². The zero-order valence-corrected chi connectivity index (χ0v) is 8.37. The number of methoxy groups -OCH3 is 1. The molecule has 6 nitrogen and oxygen atoms in total. The number of rotatable bonds is 4. The molecule has 0 atom stereocenters. The van der Waals surface area contributed by atoms with Gasteiger partial charge in [-0.2, -0.15) is 0 Å². The quantitative estimate of drug-likeness (QED) is 0.605. The Hall–Kier alpha value is -1.98. The number of carbonyl (C=O) groups is 2. The molecule has 1 aromatic rings. The Labute approximate surface area is 86.8 Å². The first-order valence-corrected chi connectivity index (χ1v) is 4.42. The fourth-order valence-corrected chi connectivity index (χ4v) is 1.02. The Morgan fingerprint density at radius 3 is 2.87 bits per heavy atom. The van der Waals surface area contributed by atoms with Gasteiger partial charge in [0.05, 0.1) is 13.5 Å². The molecule has 0 aliphatic heterocycles. The molecule has 1 rings (SSSR count). The standard InChI is InChI=1S/C9H13N3O3/c1-15-8(13)2-3-11-9(14)7-4-6(10)5-12-7/h4-5,12H,2-3,10H2,1H3,(H,11,14). The highest BCUT2D eigenvalue weighted by Gasteiger charge is 2.07. The monoisotopic (exact) mass is 211 g/mol. The summed E-state index contributed by atoms with van der Waals surface area (Å²) >= 11 is 0. The number of aromatic nitrogens is 1. The second-order valence-corrected chi connectivity index (χ2v) is 2.93. The van der Waals surface area contributed by atoms with Crippen LogP contribution in [0.1, 0.15) is 16.9 Å². The van der Waals surface area contributed by atoms with Crippen molar-refractivity contribution in [2.24, 2.45) is 0 Å². The van der Waals surface area contributed by atoms with Gasteiger partial charge in [-0.25, -0.2) is 0 Å². The first kappa shape index (κ1) is 11.1. The zero-order valence-electron chi connectivity index (χ0n) is 8.37. The minimum Gasteiger partial charge on any atom is -0.469 e. The number of nitrogen functional groups attached to an aromatic ring is 1. The van der Waals surface area contributed by atoms with Gasteiger partial charge in [0, 0.05) is 18.4 Å². The number of anilines is 1. The van der Waals surface area contributed by atoms with Gasteiger partial charge in [-0.1, -0.05) is 0 Å². The molecule has 4 N–H and O–H groups in total. The van der Waals surface area contributed by atoms with E-state index in [1.54, 1.807) is 0 Å². The van der Waals surface area contributed by atoms with Gasteiger partial charge in [-0.3, -0.25) is 9.59 Å². The van der Waals surface area contributed by atoms with Crippen LogP contribution in [0, 0.1) is 0 Å². The summed E-state index contributed by atoms with van der Waals surface area (Å²) in [6.45, 7) is 0.241. The number of esters is 1. The summed E-state index contributed by atoms with van der Waals surface area (Å²) in [5.41, 5.74) is 6.30. The lowest BCUT2D eigenvalue weighted by Crippen LogP contribution is -2.26. The fourth-order valence-electron chi connectivity index (χ4n) is 1.02. The third-order valence-electron chi connectivity index (χ3n) is 1.79. The predicted molar refractivity (Wildman–Crippen MR) is 54.2 cm³/mol. The molecule has 0 aliphatic carbocycles. The molecule has 6 heteroatoms. The number of carbonyl (C=O) groups excluding carboxylic acids is 2. The maximum atomic E-state index is 11.4. The van der Waals surface area contributed by atoms with Crippen LogP contribution in [0.4, 0.5) is 5.69 Å². The molecule has 82 valence electrons. The Kier molecular flexibility index (Phi) is 3.73. The number of H-pyrrole nitrogens is 1. The smallest absolute Gasteiger partial charge is 0.307 e. The largest absolute Gasteiger partial charge is 0.469 e. The Morgan fingerprint density at radius 1 is 1.60 bits per heavy atom. The van der Waals surface area contributed by atoms with Gasteiger partial charge in [0.2, 0.25) is 0 Å². The maximum Gasteiger partial charge on any atom is 0.307 e. The van der Waals surface area contributed by atoms with E-state index in [4.69, 9.17) is 5.73 Å². The summed E-state index contributed by atoms with van der Waals surface area (Å²) < 4.78 is 4.42. The van der Waals surface area contributed by atoms with Crippen molar-refractivity contribution in [3.63, 3.8) is 0 Å². The molecule has 15 heavy (non-hydrogen) atoms. The number of nitrogens with one attached hydrogen (secondary N) is 2. The average molecular weight is 211 g/mol. The minimum absolute atomic E-state index is 0.151. The molecule has 1 aromatic heterocycles. The summed E-state index contributed by atoms with van der Waals surface area (Å²) in [6.07, 6.45) is 1.67. The SMILES string of the molecule is COC(=O)CCNC(=O)c1cc(N)c[nH]1. The fraction of sp³-hybridized carbons (Fsp3) is 0.333. The van der Waals surface area contributed by atoms with Crippen molar-refractivity contribution in [3.05, 3.63) is 18.0 Å². The van der Waals surface area contributed by atoms with E-state index in [1.165, 1.54) is 19.4 Å². The molecule has 0 bridgehead atoms. The highest BCUT2D eigenvalue weighted by molar-refractivity contribution is 5.93. The topological polar surface area (TPSA) is 97.2 Å². The second kappa shape index (κ2) is 5.04. The lowest BCUT2D eigenvalue weighted by molar-refractivity contribution is -0.140. The summed E-state index contributed by atoms with van der Waals surface area (Å²) in [6, 6.07) is 1.52. The summed E-state index contributed by atoms with van der Waals surface area (Å²) in [4.78, 5) is 24.8. The number of hydrogen-bond acceptors (Lipinski definition) is 4. The molecule has 0 spiro atoms. The molecule has 0 fully saturated rings. The minimum atomic E-state index is -0.360. The lowest BCUT2D eigenvalue weighted by atomic mass is 10.3. The predicted octanol–water partition coefficient (Wildman–Crippen LogP) is -0.110. The van der Waals surface area contributed by atoms with Crippen LogP contribution in [0.2, 0.25) is 0 Å². The van der Waals surface area contributed by atoms with Crippen LogP contribution in [0.15, 0.2) is 12.3 Å². The average Bonchev–Trinajstić information content (AvgIpc) is 2.64. The zero-order chi connectivity index (χ0) is 11.3. The molecule has 0 unspecified atom stereocenters. The van der Waals surface area contributed by atoms with E-state index in [0.717, 1.165) is 0 Å². The first-order valence-electron chi connectivity index (χ1n) is 4.42. The Morgan fingerprint density at radius 2 is 2.33 bits per heavy atom. The van der Waals surface area contributed by atoms with Gasteiger partial charge in [0.25, 0.3) is 5.91 Å². The molecule has 0 saturated carbocycles. The van der Waals surface area contributed by atoms with Gasteiger partial charge in [0.1, 0.15) is 5.69 Å². The van der Waals surface area contributed by atoms with Crippen LogP contribution in [-0.2, 0) is 9.53 Å². The summed E-state index contributed by atoms with van der Waals surface area (Å²) in [5.74, 6) is -0.656. The van der Waals surface area contributed by atoms with E-state index in [9.17, 15) is 9.59 Å². The van der Waals surface area contributed by atoms with Crippen LogP contribution in [-0.4, -0.2) is 30.5 Å². The van der Waals surface area contributed by atoms with Gasteiger partial charge in [-0.15, -0.1) is 0 Å². The third-order valence-corrected chi connectivity index (χ3v) is 1.79. The van der Waals surface area contributed by atoms with Gasteiger partial charge >= 0.3 is 5.97 Å². The van der Waals surface area contributed by atoms with Crippen molar-refractivity contribution in [2.45, 2.75) is 6.42 Å². The van der Waals surface area contributed by atoms with Gasteiger partial charge in [-0.05, 0) is 6.07 Å². The first-order chi connectivity index (χ1) is 7.13. The van der Waals surface area contributed by atoms with Crippen molar-refractivity contribution in [1.29, 1.82) is 0 Å². The van der Waals surface area contributed by atoms with Crippen LogP contribution in [0.3, 0.4) is 0 Å². The lowest BCUT2D eigenvalue weighted by Gasteiger charge is -2.02. The van der Waals surface area contributed by atoms with E-state index in [0.29, 0.717) is 11.4 Å². The van der Waals surface area contributed by atoms with E-state index in [2.05, 4.69) is 15.0 Å². The number of nitrogens with two attached hydrogens (primary N) is 1. The normalized spacial score (nSPS) is 9.67. The van der Waals surface area contributed by atoms with E-state index in [-0.39, 0.29) is 24.8 Å². The van der Waals surface area contributed by atoms with Gasteiger partial charge < -0.3 is 20.8 Å². The third kappa shape index (κ3) is 3.34. The van der Waals surface area contributed by atoms with Crippen molar-refractivity contribution < 1.29 is 14.3 Å². The molecular weight excluding hydrogens is 198 g/mol. The van der Waals surface area contributed by atoms with Crippen molar-refractivity contribution >= 4 is 17.6 Å². The number of amides is 1. The van der Waals surface area contributed by atoms with E-state index >= 15 is 0 Å². The maximum absolute atomic E-state index is 11.4. The molecular formula is C9H13N3O3. The van der Waals surface area contributed by atoms with E-state index in [1.807, 2.05) is 0 Å². The highest BCUT2D eigenvalue weighted by atomic mass is 16.5. The summed E-state index contributed by atoms with van der Waals surface area (Å²) in [5, 5.41) is 2.55. The molecule has 0 saturated heterocycles. The van der Waals surface area contributed by atoms with Crippen LogP contribution in [0.25, 0.3) is 0 Å². The number of hydrogen-bond donors (Lipinski definition) is 3. The van der Waals surface area contributed by atoms with Crippen molar-refractivity contribution in [2.75, 3.05) is 19.4 Å². The molecule has 1 amide bonds. The molecule has 0 radical (unpaired) electrons. The number of aromatic amines is 1. The van der Waals surface area contributed by atoms with E-state index < -0.39 is 0 Å². The molecule has 0 aromatic carbocycles.